The van der Waals surface area contributed by atoms with Crippen molar-refractivity contribution in [1.82, 2.24) is 14.6 Å². The third-order valence-electron chi connectivity index (χ3n) is 4.07. The summed E-state index contributed by atoms with van der Waals surface area (Å²) in [6.45, 7) is 1.98. The summed E-state index contributed by atoms with van der Waals surface area (Å²) in [5.41, 5.74) is 6.09. The predicted octanol–water partition coefficient (Wildman–Crippen LogP) is 0.339. The van der Waals surface area contributed by atoms with Gasteiger partial charge in [-0.2, -0.15) is 10.4 Å². The van der Waals surface area contributed by atoms with Gasteiger partial charge in [0.15, 0.2) is 11.4 Å². The highest BCUT2D eigenvalue weighted by molar-refractivity contribution is 5.65. The molecule has 1 unspecified atom stereocenters. The van der Waals surface area contributed by atoms with Crippen molar-refractivity contribution in [2.75, 3.05) is 18.9 Å². The van der Waals surface area contributed by atoms with Crippen LogP contribution in [0.1, 0.15) is 38.0 Å². The Kier molecular flexibility index (Phi) is 7.47. The third-order valence-corrected chi connectivity index (χ3v) is 4.07. The first kappa shape index (κ1) is 22.1. The average molecular weight is 381 g/mol. The number of nitriles is 1. The first-order valence-electron chi connectivity index (χ1n) is 8.05. The Hall–Kier alpha value is -2.94. The molecule has 2 atom stereocenters. The molecule has 11 heteroatoms. The number of hydrogen-bond donors (Lipinski definition) is 1. The number of nitrogens with zero attached hydrogens (tertiary/aromatic N) is 4. The molecule has 0 spiro atoms. The molecule has 0 amide bonds. The van der Waals surface area contributed by atoms with Gasteiger partial charge in [0.05, 0.1) is 12.3 Å². The van der Waals surface area contributed by atoms with Gasteiger partial charge in [-0.15, -0.1) is 0 Å². The van der Waals surface area contributed by atoms with Crippen LogP contribution in [0.3, 0.4) is 0 Å². The smallest absolute Gasteiger partial charge is 0.434 e. The van der Waals surface area contributed by atoms with Crippen molar-refractivity contribution in [3.8, 4) is 6.07 Å². The maximum absolute atomic E-state index is 11.5. The summed E-state index contributed by atoms with van der Waals surface area (Å²) in [4.78, 5) is 15.4. The normalized spacial score (nSPS) is 21.0. The second kappa shape index (κ2) is 9.13. The van der Waals surface area contributed by atoms with E-state index in [0.29, 0.717) is 30.6 Å². The van der Waals surface area contributed by atoms with E-state index in [9.17, 15) is 10.1 Å². The van der Waals surface area contributed by atoms with E-state index in [1.54, 1.807) is 10.6 Å². The van der Waals surface area contributed by atoms with Crippen LogP contribution < -0.4 is 5.73 Å². The van der Waals surface area contributed by atoms with Crippen LogP contribution in [0.4, 0.5) is 10.6 Å². The molecule has 0 radical (unpaired) electrons. The standard InChI is InChI=1S/C16H19N5O4.2H2O/c1-2-7-23-15(22)24-9-16(8-17)6-5-13(25-16)11-3-4-12-14(18)19-10-20-21(11)12;;/h3-4,10,13H,2,5-7,9H2,1H3,(H2,18,19,20);2*1H2/t13?,16-;;/m1../s1. The maximum atomic E-state index is 11.5. The van der Waals surface area contributed by atoms with Crippen LogP contribution in [0.5, 0.6) is 0 Å². The summed E-state index contributed by atoms with van der Waals surface area (Å²) in [5.74, 6) is 0.368. The van der Waals surface area contributed by atoms with E-state index in [1.807, 2.05) is 13.0 Å². The van der Waals surface area contributed by atoms with Crippen molar-refractivity contribution < 1.29 is 30.0 Å². The minimum absolute atomic E-state index is 0. The fourth-order valence-electron chi connectivity index (χ4n) is 2.80. The molecule has 0 aromatic carbocycles. The molecule has 1 saturated heterocycles. The number of carbonyl (C=O) groups excluding carboxylic acids is 1. The Balaban J connectivity index is 0.00000182. The second-order valence-electron chi connectivity index (χ2n) is 5.84. The van der Waals surface area contributed by atoms with Crippen LogP contribution in [-0.2, 0) is 14.2 Å². The molecule has 3 heterocycles. The molecule has 11 nitrogen and oxygen atoms in total. The zero-order valence-corrected chi connectivity index (χ0v) is 14.8. The van der Waals surface area contributed by atoms with Crippen LogP contribution in [0.25, 0.3) is 5.52 Å². The van der Waals surface area contributed by atoms with Crippen molar-refractivity contribution in [2.24, 2.45) is 0 Å². The number of nitrogens with two attached hydrogens (primary N) is 1. The first-order chi connectivity index (χ1) is 12.1. The third kappa shape index (κ3) is 4.43. The molecule has 6 N–H and O–H groups in total. The second-order valence-corrected chi connectivity index (χ2v) is 5.84. The van der Waals surface area contributed by atoms with Gasteiger partial charge in [0, 0.05) is 0 Å². The van der Waals surface area contributed by atoms with Crippen LogP contribution in [0, 0.1) is 11.3 Å². The molecular formula is C16H23N5O6. The number of anilines is 1. The fraction of sp³-hybridized carbons (Fsp3) is 0.500. The summed E-state index contributed by atoms with van der Waals surface area (Å²) in [7, 11) is 0. The summed E-state index contributed by atoms with van der Waals surface area (Å²) < 4.78 is 17.5. The molecule has 1 fully saturated rings. The van der Waals surface area contributed by atoms with Gasteiger partial charge in [0.25, 0.3) is 0 Å². The summed E-state index contributed by atoms with van der Waals surface area (Å²) in [6.07, 6.45) is 1.94. The number of ether oxygens (including phenoxy) is 3. The molecule has 1 aliphatic rings. The van der Waals surface area contributed by atoms with E-state index in [-0.39, 0.29) is 30.3 Å². The highest BCUT2D eigenvalue weighted by atomic mass is 16.7. The molecule has 1 aliphatic heterocycles. The molecular weight excluding hydrogens is 358 g/mol. The Labute approximate surface area is 155 Å². The zero-order chi connectivity index (χ0) is 17.9. The van der Waals surface area contributed by atoms with E-state index < -0.39 is 11.8 Å². The van der Waals surface area contributed by atoms with E-state index in [4.69, 9.17) is 19.9 Å². The Morgan fingerprint density at radius 1 is 1.48 bits per heavy atom. The van der Waals surface area contributed by atoms with Gasteiger partial charge in [-0.25, -0.2) is 14.3 Å². The maximum Gasteiger partial charge on any atom is 0.508 e. The van der Waals surface area contributed by atoms with Crippen molar-refractivity contribution in [3.63, 3.8) is 0 Å². The highest BCUT2D eigenvalue weighted by Crippen LogP contribution is 2.40. The number of nitrogen functional groups attached to an aromatic ring is 1. The van der Waals surface area contributed by atoms with Gasteiger partial charge in [-0.3, -0.25) is 0 Å². The number of rotatable bonds is 5. The molecule has 2 aromatic heterocycles. The topological polar surface area (TPSA) is 188 Å². The molecule has 148 valence electrons. The predicted molar refractivity (Wildman–Crippen MR) is 93.6 cm³/mol. The SMILES string of the molecule is CCCOC(=O)OC[C@]1(C#N)CCC(c2ccc3c(N)ncnn23)O1.O.O. The summed E-state index contributed by atoms with van der Waals surface area (Å²) in [6, 6.07) is 5.77. The number of hydrogen-bond acceptors (Lipinski definition) is 8. The van der Waals surface area contributed by atoms with Gasteiger partial charge in [0.2, 0.25) is 0 Å². The lowest BCUT2D eigenvalue weighted by Crippen LogP contribution is -2.33. The van der Waals surface area contributed by atoms with E-state index in [2.05, 4.69) is 16.2 Å². The Morgan fingerprint density at radius 3 is 2.96 bits per heavy atom. The molecule has 27 heavy (non-hydrogen) atoms. The largest absolute Gasteiger partial charge is 0.508 e. The lowest BCUT2D eigenvalue weighted by atomic mass is 10.0. The van der Waals surface area contributed by atoms with Crippen LogP contribution >= 0.6 is 0 Å². The van der Waals surface area contributed by atoms with Gasteiger partial charge in [-0.1, -0.05) is 6.92 Å². The van der Waals surface area contributed by atoms with Crippen molar-refractivity contribution in [3.05, 3.63) is 24.2 Å². The Bertz CT molecular complexity index is 819. The van der Waals surface area contributed by atoms with Crippen molar-refractivity contribution in [1.29, 1.82) is 5.26 Å². The van der Waals surface area contributed by atoms with Crippen molar-refractivity contribution >= 4 is 17.5 Å². The number of carbonyl (C=O) groups is 1. The average Bonchev–Trinajstić information content (AvgIpc) is 3.23. The zero-order valence-electron chi connectivity index (χ0n) is 14.8. The van der Waals surface area contributed by atoms with E-state index >= 15 is 0 Å². The lowest BCUT2D eigenvalue weighted by Gasteiger charge is -2.21. The molecule has 0 bridgehead atoms. The van der Waals surface area contributed by atoms with Gasteiger partial charge >= 0.3 is 6.16 Å². The minimum atomic E-state index is -1.20. The molecule has 2 aromatic rings. The highest BCUT2D eigenvalue weighted by Gasteiger charge is 2.43. The molecule has 0 aliphatic carbocycles. The monoisotopic (exact) mass is 381 g/mol. The Morgan fingerprint density at radius 2 is 2.26 bits per heavy atom. The fourth-order valence-corrected chi connectivity index (χ4v) is 2.80. The summed E-state index contributed by atoms with van der Waals surface area (Å²) >= 11 is 0. The van der Waals surface area contributed by atoms with E-state index in [1.165, 1.54) is 6.33 Å². The van der Waals surface area contributed by atoms with Gasteiger partial charge in [-0.05, 0) is 31.4 Å². The van der Waals surface area contributed by atoms with E-state index in [0.717, 1.165) is 5.69 Å². The molecule has 3 rings (SSSR count). The number of fused-ring (bicyclic) bond motifs is 1. The van der Waals surface area contributed by atoms with Gasteiger partial charge < -0.3 is 30.9 Å². The van der Waals surface area contributed by atoms with Crippen LogP contribution in [0.2, 0.25) is 0 Å². The first-order valence-corrected chi connectivity index (χ1v) is 8.05. The molecule has 0 saturated carbocycles. The minimum Gasteiger partial charge on any atom is -0.434 e. The van der Waals surface area contributed by atoms with Crippen molar-refractivity contribution in [2.45, 2.75) is 37.9 Å². The summed E-state index contributed by atoms with van der Waals surface area (Å²) in [5, 5.41) is 13.7. The van der Waals surface area contributed by atoms with Crippen LogP contribution in [0.15, 0.2) is 18.5 Å². The quantitative estimate of drug-likeness (QED) is 0.717. The van der Waals surface area contributed by atoms with Crippen LogP contribution in [-0.4, -0.2) is 50.5 Å². The lowest BCUT2D eigenvalue weighted by molar-refractivity contribution is -0.0549. The number of aromatic nitrogens is 3. The van der Waals surface area contributed by atoms with Gasteiger partial charge in [0.1, 0.15) is 30.6 Å².